The summed E-state index contributed by atoms with van der Waals surface area (Å²) in [6, 6.07) is 8.64. The van der Waals surface area contributed by atoms with Crippen molar-refractivity contribution in [3.05, 3.63) is 34.9 Å². The molecule has 1 heterocycles. The summed E-state index contributed by atoms with van der Waals surface area (Å²) >= 11 is 6.01. The fourth-order valence-electron chi connectivity index (χ4n) is 2.96. The summed E-state index contributed by atoms with van der Waals surface area (Å²) in [6.45, 7) is 6.64. The number of benzene rings is 1. The summed E-state index contributed by atoms with van der Waals surface area (Å²) in [6.07, 6.45) is 2.19. The molecule has 0 saturated carbocycles. The highest BCUT2D eigenvalue weighted by molar-refractivity contribution is 6.30. The third-order valence-electron chi connectivity index (χ3n) is 4.24. The summed E-state index contributed by atoms with van der Waals surface area (Å²) in [5.74, 6) is 0. The zero-order valence-electron chi connectivity index (χ0n) is 12.6. The van der Waals surface area contributed by atoms with Gasteiger partial charge in [-0.2, -0.15) is 0 Å². The van der Waals surface area contributed by atoms with E-state index in [1.54, 1.807) is 0 Å². The molecule has 3 nitrogen and oxygen atoms in total. The van der Waals surface area contributed by atoms with Gasteiger partial charge in [0.15, 0.2) is 0 Å². The maximum atomic E-state index is 6.42. The highest BCUT2D eigenvalue weighted by Crippen LogP contribution is 2.27. The lowest BCUT2D eigenvalue weighted by Gasteiger charge is -2.35. The molecule has 1 aliphatic heterocycles. The fraction of sp³-hybridized carbons (Fsp3) is 0.625. The molecule has 0 radical (unpaired) electrons. The van der Waals surface area contributed by atoms with Gasteiger partial charge in [-0.1, -0.05) is 30.7 Å². The molecule has 0 bridgehead atoms. The molecule has 1 aromatic rings. The minimum Gasteiger partial charge on any atom is -0.326 e. The molecule has 2 rings (SSSR count). The van der Waals surface area contributed by atoms with Crippen LogP contribution in [-0.2, 0) is 0 Å². The van der Waals surface area contributed by atoms with Crippen molar-refractivity contribution < 1.29 is 0 Å². The predicted molar refractivity (Wildman–Crippen MR) is 86.1 cm³/mol. The first-order valence-corrected chi connectivity index (χ1v) is 7.93. The van der Waals surface area contributed by atoms with E-state index >= 15 is 0 Å². The van der Waals surface area contributed by atoms with Crippen LogP contribution in [0.1, 0.15) is 31.4 Å². The summed E-state index contributed by atoms with van der Waals surface area (Å²) < 4.78 is 0. The number of hydrogen-bond donors (Lipinski definition) is 1. The molecule has 0 aromatic heterocycles. The SMILES string of the molecule is CCC(N)C(c1ccc(Cl)cc1)N1CCCN(C)CC1. The van der Waals surface area contributed by atoms with Crippen LogP contribution >= 0.6 is 11.6 Å². The Balaban J connectivity index is 2.20. The number of halogens is 1. The Bertz CT molecular complexity index is 407. The van der Waals surface area contributed by atoms with Crippen molar-refractivity contribution in [2.75, 3.05) is 33.2 Å². The lowest BCUT2D eigenvalue weighted by molar-refractivity contribution is 0.175. The normalized spacial score (nSPS) is 21.4. The van der Waals surface area contributed by atoms with Crippen LogP contribution in [0.5, 0.6) is 0 Å². The molecule has 0 amide bonds. The smallest absolute Gasteiger partial charge is 0.0499 e. The molecule has 1 aliphatic rings. The quantitative estimate of drug-likeness (QED) is 0.927. The topological polar surface area (TPSA) is 32.5 Å². The van der Waals surface area contributed by atoms with Crippen molar-refractivity contribution in [1.29, 1.82) is 0 Å². The minimum absolute atomic E-state index is 0.166. The Morgan fingerprint density at radius 1 is 1.15 bits per heavy atom. The van der Waals surface area contributed by atoms with E-state index in [1.807, 2.05) is 12.1 Å². The van der Waals surface area contributed by atoms with E-state index in [0.717, 1.165) is 31.1 Å². The first kappa shape index (κ1) is 15.8. The number of nitrogens with two attached hydrogens (primary N) is 1. The molecule has 1 fully saturated rings. The minimum atomic E-state index is 0.166. The largest absolute Gasteiger partial charge is 0.326 e. The molecule has 4 heteroatoms. The van der Waals surface area contributed by atoms with Crippen molar-refractivity contribution in [1.82, 2.24) is 9.80 Å². The molecule has 1 aromatic carbocycles. The lowest BCUT2D eigenvalue weighted by Crippen LogP contribution is -2.42. The van der Waals surface area contributed by atoms with Gasteiger partial charge >= 0.3 is 0 Å². The number of likely N-dealkylation sites (N-methyl/N-ethyl adjacent to an activating group) is 1. The molecule has 112 valence electrons. The average Bonchev–Trinajstić information content (AvgIpc) is 2.66. The van der Waals surface area contributed by atoms with Crippen LogP contribution in [-0.4, -0.2) is 49.1 Å². The van der Waals surface area contributed by atoms with Crippen LogP contribution in [0.15, 0.2) is 24.3 Å². The molecule has 2 N–H and O–H groups in total. The number of rotatable bonds is 4. The Morgan fingerprint density at radius 2 is 1.85 bits per heavy atom. The zero-order chi connectivity index (χ0) is 14.5. The van der Waals surface area contributed by atoms with Gasteiger partial charge in [0.1, 0.15) is 0 Å². The lowest BCUT2D eigenvalue weighted by atomic mass is 9.96. The second-order valence-corrected chi connectivity index (χ2v) is 6.20. The molecular formula is C16H26ClN3. The van der Waals surface area contributed by atoms with Crippen molar-refractivity contribution in [2.24, 2.45) is 5.73 Å². The van der Waals surface area contributed by atoms with E-state index in [1.165, 1.54) is 18.5 Å². The van der Waals surface area contributed by atoms with Crippen molar-refractivity contribution >= 4 is 11.6 Å². The molecular weight excluding hydrogens is 270 g/mol. The molecule has 0 spiro atoms. The van der Waals surface area contributed by atoms with Gasteiger partial charge in [-0.3, -0.25) is 4.90 Å². The zero-order valence-corrected chi connectivity index (χ0v) is 13.3. The van der Waals surface area contributed by atoms with Crippen LogP contribution in [0.3, 0.4) is 0 Å². The maximum absolute atomic E-state index is 6.42. The van der Waals surface area contributed by atoms with Gasteiger partial charge in [0.2, 0.25) is 0 Å². The van der Waals surface area contributed by atoms with Crippen LogP contribution in [0.4, 0.5) is 0 Å². The van der Waals surface area contributed by atoms with Gasteiger partial charge in [-0.25, -0.2) is 0 Å². The summed E-state index contributed by atoms with van der Waals surface area (Å²) in [5, 5.41) is 0.785. The van der Waals surface area contributed by atoms with Gasteiger partial charge in [-0.15, -0.1) is 0 Å². The van der Waals surface area contributed by atoms with E-state index in [4.69, 9.17) is 17.3 Å². The maximum Gasteiger partial charge on any atom is 0.0499 e. The molecule has 0 aliphatic carbocycles. The van der Waals surface area contributed by atoms with E-state index in [0.29, 0.717) is 6.04 Å². The summed E-state index contributed by atoms with van der Waals surface area (Å²) in [4.78, 5) is 4.94. The highest BCUT2D eigenvalue weighted by atomic mass is 35.5. The van der Waals surface area contributed by atoms with Gasteiger partial charge in [0.25, 0.3) is 0 Å². The third kappa shape index (κ3) is 3.95. The Morgan fingerprint density at radius 3 is 2.50 bits per heavy atom. The van der Waals surface area contributed by atoms with Gasteiger partial charge < -0.3 is 10.6 Å². The van der Waals surface area contributed by atoms with Crippen LogP contribution in [0.25, 0.3) is 0 Å². The van der Waals surface area contributed by atoms with E-state index in [9.17, 15) is 0 Å². The molecule has 2 unspecified atom stereocenters. The number of hydrogen-bond acceptors (Lipinski definition) is 3. The predicted octanol–water partition coefficient (Wildman–Crippen LogP) is 2.76. The summed E-state index contributed by atoms with van der Waals surface area (Å²) in [7, 11) is 2.19. The van der Waals surface area contributed by atoms with Crippen molar-refractivity contribution in [2.45, 2.75) is 31.8 Å². The standard InChI is InChI=1S/C16H26ClN3/c1-3-15(18)16(13-5-7-14(17)8-6-13)20-10-4-9-19(2)11-12-20/h5-8,15-16H,3-4,9-12,18H2,1-2H3. The van der Waals surface area contributed by atoms with E-state index in [-0.39, 0.29) is 6.04 Å². The average molecular weight is 296 g/mol. The van der Waals surface area contributed by atoms with Crippen LogP contribution in [0.2, 0.25) is 5.02 Å². The molecule has 1 saturated heterocycles. The molecule has 20 heavy (non-hydrogen) atoms. The van der Waals surface area contributed by atoms with Crippen LogP contribution < -0.4 is 5.73 Å². The van der Waals surface area contributed by atoms with Crippen molar-refractivity contribution in [3.8, 4) is 0 Å². The highest BCUT2D eigenvalue weighted by Gasteiger charge is 2.26. The van der Waals surface area contributed by atoms with Gasteiger partial charge in [0, 0.05) is 36.7 Å². The van der Waals surface area contributed by atoms with E-state index in [2.05, 4.69) is 35.9 Å². The van der Waals surface area contributed by atoms with Crippen LogP contribution in [0, 0.1) is 0 Å². The first-order valence-electron chi connectivity index (χ1n) is 7.55. The Labute approximate surface area is 127 Å². The monoisotopic (exact) mass is 295 g/mol. The second-order valence-electron chi connectivity index (χ2n) is 5.76. The van der Waals surface area contributed by atoms with Gasteiger partial charge in [-0.05, 0) is 44.1 Å². The van der Waals surface area contributed by atoms with Crippen molar-refractivity contribution in [3.63, 3.8) is 0 Å². The Hall–Kier alpha value is -0.610. The first-order chi connectivity index (χ1) is 9.61. The second kappa shape index (κ2) is 7.41. The third-order valence-corrected chi connectivity index (χ3v) is 4.49. The fourth-order valence-corrected chi connectivity index (χ4v) is 3.08. The van der Waals surface area contributed by atoms with E-state index < -0.39 is 0 Å². The molecule has 2 atom stereocenters. The van der Waals surface area contributed by atoms with Gasteiger partial charge in [0.05, 0.1) is 0 Å². The summed E-state index contributed by atoms with van der Waals surface area (Å²) in [5.41, 5.74) is 7.70. The Kier molecular flexibility index (Phi) is 5.85. The number of nitrogens with zero attached hydrogens (tertiary/aromatic N) is 2.